The predicted octanol–water partition coefficient (Wildman–Crippen LogP) is 7.43. The zero-order chi connectivity index (χ0) is 32.6. The van der Waals surface area contributed by atoms with Gasteiger partial charge in [0.2, 0.25) is 11.8 Å². The summed E-state index contributed by atoms with van der Waals surface area (Å²) in [5.41, 5.74) is 2.62. The molecule has 2 amide bonds. The molecule has 1 atom stereocenters. The fraction of sp³-hybridized carbons (Fsp3) is 0.235. The van der Waals surface area contributed by atoms with Crippen LogP contribution < -0.4 is 9.62 Å². The van der Waals surface area contributed by atoms with Gasteiger partial charge in [-0.3, -0.25) is 13.9 Å². The molecule has 0 fully saturated rings. The second-order valence-corrected chi connectivity index (χ2v) is 14.3. The molecule has 0 unspecified atom stereocenters. The van der Waals surface area contributed by atoms with Gasteiger partial charge in [0.15, 0.2) is 0 Å². The number of amides is 2. The summed E-state index contributed by atoms with van der Waals surface area (Å²) < 4.78 is 30.1. The molecule has 0 heterocycles. The number of hydrogen-bond acceptors (Lipinski definition) is 4. The number of halogens is 3. The highest BCUT2D eigenvalue weighted by Gasteiger charge is 2.34. The van der Waals surface area contributed by atoms with Crippen LogP contribution in [0.3, 0.4) is 0 Å². The van der Waals surface area contributed by atoms with E-state index in [1.165, 1.54) is 35.2 Å². The molecule has 11 heteroatoms. The van der Waals surface area contributed by atoms with Crippen molar-refractivity contribution in [3.8, 4) is 0 Å². The maximum absolute atomic E-state index is 14.5. The van der Waals surface area contributed by atoms with Crippen molar-refractivity contribution >= 4 is 66.7 Å². The number of carbonyl (C=O) groups excluding carboxylic acids is 2. The number of nitrogens with one attached hydrogen (secondary N) is 1. The van der Waals surface area contributed by atoms with Crippen molar-refractivity contribution in [2.24, 2.45) is 0 Å². The van der Waals surface area contributed by atoms with E-state index in [4.69, 9.17) is 23.2 Å². The molecule has 0 spiro atoms. The average molecular weight is 732 g/mol. The Kier molecular flexibility index (Phi) is 12.1. The molecular formula is C34H34BrCl2N3O4S. The predicted molar refractivity (Wildman–Crippen MR) is 184 cm³/mol. The van der Waals surface area contributed by atoms with Gasteiger partial charge in [-0.1, -0.05) is 106 Å². The highest BCUT2D eigenvalue weighted by atomic mass is 79.9. The Hall–Kier alpha value is -3.37. The van der Waals surface area contributed by atoms with Crippen molar-refractivity contribution in [2.75, 3.05) is 17.4 Å². The van der Waals surface area contributed by atoms with Crippen LogP contribution in [0.2, 0.25) is 10.0 Å². The molecule has 0 aliphatic heterocycles. The molecule has 0 aliphatic carbocycles. The molecule has 0 bridgehead atoms. The molecule has 4 aromatic rings. The number of carbonyl (C=O) groups is 2. The maximum atomic E-state index is 14.5. The van der Waals surface area contributed by atoms with Crippen LogP contribution in [0, 0.1) is 6.92 Å². The lowest BCUT2D eigenvalue weighted by Crippen LogP contribution is -2.53. The first-order chi connectivity index (χ1) is 21.5. The lowest BCUT2D eigenvalue weighted by atomic mass is 10.0. The first-order valence-corrected chi connectivity index (χ1v) is 17.4. The van der Waals surface area contributed by atoms with Gasteiger partial charge in [0.25, 0.3) is 10.0 Å². The lowest BCUT2D eigenvalue weighted by Gasteiger charge is -2.34. The van der Waals surface area contributed by atoms with E-state index in [0.717, 1.165) is 25.5 Å². The summed E-state index contributed by atoms with van der Waals surface area (Å²) >= 11 is 16.1. The Labute approximate surface area is 283 Å². The van der Waals surface area contributed by atoms with Crippen LogP contribution >= 0.6 is 39.1 Å². The zero-order valence-electron chi connectivity index (χ0n) is 24.9. The quantitative estimate of drug-likeness (QED) is 0.155. The lowest BCUT2D eigenvalue weighted by molar-refractivity contribution is -0.140. The fourth-order valence-corrected chi connectivity index (χ4v) is 7.16. The maximum Gasteiger partial charge on any atom is 0.264 e. The van der Waals surface area contributed by atoms with Gasteiger partial charge in [-0.25, -0.2) is 8.42 Å². The van der Waals surface area contributed by atoms with Crippen LogP contribution in [-0.2, 0) is 32.6 Å². The number of rotatable bonds is 13. The van der Waals surface area contributed by atoms with E-state index in [1.54, 1.807) is 12.1 Å². The number of hydrogen-bond donors (Lipinski definition) is 1. The summed E-state index contributed by atoms with van der Waals surface area (Å²) in [6.07, 6.45) is 0.936. The normalized spacial score (nSPS) is 11.9. The van der Waals surface area contributed by atoms with Gasteiger partial charge in [0.05, 0.1) is 10.6 Å². The van der Waals surface area contributed by atoms with Gasteiger partial charge in [-0.15, -0.1) is 0 Å². The van der Waals surface area contributed by atoms with Gasteiger partial charge >= 0.3 is 0 Å². The fourth-order valence-electron chi connectivity index (χ4n) is 4.80. The smallest absolute Gasteiger partial charge is 0.264 e. The van der Waals surface area contributed by atoms with E-state index in [1.807, 2.05) is 68.4 Å². The standard InChI is InChI=1S/C34H34BrCl2N3O4S/c1-3-16-38-34(42)32(18-25-8-5-4-6-9-25)39(22-26-10-7-11-27(35)17-26)33(41)23-40(30-20-28(36)19-29(37)21-30)45(43,44)31-14-12-24(2)13-15-31/h4-15,17,19-21,32H,3,16,18,22-23H2,1-2H3,(H,38,42)/t32-/m1/s1. The van der Waals surface area contributed by atoms with Gasteiger partial charge in [-0.05, 0) is 66.9 Å². The van der Waals surface area contributed by atoms with Crippen LogP contribution in [0.5, 0.6) is 0 Å². The molecule has 4 aromatic carbocycles. The largest absolute Gasteiger partial charge is 0.354 e. The van der Waals surface area contributed by atoms with Crippen molar-refractivity contribution in [2.45, 2.75) is 44.2 Å². The monoisotopic (exact) mass is 729 g/mol. The van der Waals surface area contributed by atoms with Crippen molar-refractivity contribution in [3.63, 3.8) is 0 Å². The van der Waals surface area contributed by atoms with E-state index >= 15 is 0 Å². The number of sulfonamides is 1. The van der Waals surface area contributed by atoms with Gasteiger partial charge in [0.1, 0.15) is 12.6 Å². The molecule has 236 valence electrons. The van der Waals surface area contributed by atoms with E-state index < -0.39 is 28.5 Å². The minimum Gasteiger partial charge on any atom is -0.354 e. The SMILES string of the molecule is CCCNC(=O)[C@@H](Cc1ccccc1)N(Cc1cccc(Br)c1)C(=O)CN(c1cc(Cl)cc(Cl)c1)S(=O)(=O)c1ccc(C)cc1. The van der Waals surface area contributed by atoms with Crippen molar-refractivity contribution in [1.82, 2.24) is 10.2 Å². The molecule has 0 aromatic heterocycles. The topological polar surface area (TPSA) is 86.8 Å². The first kappa shape index (κ1) is 34.5. The number of nitrogens with zero attached hydrogens (tertiary/aromatic N) is 2. The number of benzene rings is 4. The van der Waals surface area contributed by atoms with Crippen LogP contribution in [0.15, 0.2) is 106 Å². The molecule has 0 saturated carbocycles. The molecule has 0 saturated heterocycles. The summed E-state index contributed by atoms with van der Waals surface area (Å²) in [5.74, 6) is -0.905. The average Bonchev–Trinajstić information content (AvgIpc) is 3.00. The van der Waals surface area contributed by atoms with Crippen molar-refractivity contribution in [1.29, 1.82) is 0 Å². The van der Waals surface area contributed by atoms with E-state index in [0.29, 0.717) is 13.0 Å². The van der Waals surface area contributed by atoms with Gasteiger partial charge in [0, 0.05) is 34.0 Å². The second kappa shape index (κ2) is 15.8. The molecule has 45 heavy (non-hydrogen) atoms. The van der Waals surface area contributed by atoms with E-state index in [-0.39, 0.29) is 39.5 Å². The molecule has 1 N–H and O–H groups in total. The molecule has 0 aliphatic rings. The molecular weight excluding hydrogens is 697 g/mol. The Bertz CT molecular complexity index is 1720. The number of anilines is 1. The van der Waals surface area contributed by atoms with Crippen LogP contribution in [0.1, 0.15) is 30.0 Å². The third-order valence-electron chi connectivity index (χ3n) is 7.09. The summed E-state index contributed by atoms with van der Waals surface area (Å²) in [6.45, 7) is 3.68. The van der Waals surface area contributed by atoms with Crippen LogP contribution in [0.4, 0.5) is 5.69 Å². The Morgan fingerprint density at radius 3 is 2.13 bits per heavy atom. The second-order valence-electron chi connectivity index (χ2n) is 10.6. The Morgan fingerprint density at radius 1 is 0.867 bits per heavy atom. The summed E-state index contributed by atoms with van der Waals surface area (Å²) in [7, 11) is -4.27. The minimum atomic E-state index is -4.27. The van der Waals surface area contributed by atoms with Gasteiger partial charge < -0.3 is 10.2 Å². The third kappa shape index (κ3) is 9.33. The first-order valence-electron chi connectivity index (χ1n) is 14.4. The van der Waals surface area contributed by atoms with Crippen LogP contribution in [-0.4, -0.2) is 44.3 Å². The molecule has 7 nitrogen and oxygen atoms in total. The molecule has 0 radical (unpaired) electrons. The zero-order valence-corrected chi connectivity index (χ0v) is 28.8. The molecule has 4 rings (SSSR count). The summed E-state index contributed by atoms with van der Waals surface area (Å²) in [6, 6.07) is 26.6. The van der Waals surface area contributed by atoms with Gasteiger partial charge in [-0.2, -0.15) is 0 Å². The van der Waals surface area contributed by atoms with Crippen molar-refractivity contribution in [3.05, 3.63) is 128 Å². The highest BCUT2D eigenvalue weighted by molar-refractivity contribution is 9.10. The summed E-state index contributed by atoms with van der Waals surface area (Å²) in [5, 5.41) is 3.36. The Morgan fingerprint density at radius 2 is 1.51 bits per heavy atom. The highest BCUT2D eigenvalue weighted by Crippen LogP contribution is 2.30. The van der Waals surface area contributed by atoms with E-state index in [2.05, 4.69) is 21.2 Å². The Balaban J connectivity index is 1.82. The van der Waals surface area contributed by atoms with Crippen molar-refractivity contribution < 1.29 is 18.0 Å². The summed E-state index contributed by atoms with van der Waals surface area (Å²) in [4.78, 5) is 29.7. The van der Waals surface area contributed by atoms with E-state index in [9.17, 15) is 18.0 Å². The third-order valence-corrected chi connectivity index (χ3v) is 9.80. The minimum absolute atomic E-state index is 0.00272. The number of aryl methyl sites for hydroxylation is 1. The van der Waals surface area contributed by atoms with Crippen LogP contribution in [0.25, 0.3) is 0 Å².